The predicted molar refractivity (Wildman–Crippen MR) is 118 cm³/mol. The number of piperidine rings is 1. The molecular formula is C22H23ClN2O4S. The fourth-order valence-corrected chi connectivity index (χ4v) is 4.08. The molecule has 8 heteroatoms. The molecule has 0 saturated carbocycles. The predicted octanol–water partition coefficient (Wildman–Crippen LogP) is 3.63. The van der Waals surface area contributed by atoms with Crippen LogP contribution in [0.1, 0.15) is 18.4 Å². The number of benzene rings is 2. The van der Waals surface area contributed by atoms with E-state index < -0.39 is 9.84 Å². The summed E-state index contributed by atoms with van der Waals surface area (Å²) in [6.07, 6.45) is 5.48. The summed E-state index contributed by atoms with van der Waals surface area (Å²) in [7, 11) is -3.41. The molecule has 3 rings (SSSR count). The minimum absolute atomic E-state index is 0.0818. The second-order valence-electron chi connectivity index (χ2n) is 7.25. The van der Waals surface area contributed by atoms with E-state index in [2.05, 4.69) is 5.32 Å². The third kappa shape index (κ3) is 5.70. The smallest absolute Gasteiger partial charge is 0.246 e. The highest BCUT2D eigenvalue weighted by Gasteiger charge is 2.27. The van der Waals surface area contributed by atoms with E-state index in [1.165, 1.54) is 18.2 Å². The fourth-order valence-electron chi connectivity index (χ4n) is 3.26. The number of carbonyl (C=O) groups excluding carboxylic acids is 2. The summed E-state index contributed by atoms with van der Waals surface area (Å²) in [5.74, 6) is -0.582. The topological polar surface area (TPSA) is 83.6 Å². The Labute approximate surface area is 181 Å². The minimum Gasteiger partial charge on any atom is -0.339 e. The zero-order valence-electron chi connectivity index (χ0n) is 16.5. The molecule has 30 heavy (non-hydrogen) atoms. The zero-order chi connectivity index (χ0) is 21.7. The largest absolute Gasteiger partial charge is 0.339 e. The molecule has 6 nitrogen and oxygen atoms in total. The van der Waals surface area contributed by atoms with Gasteiger partial charge in [0.2, 0.25) is 11.8 Å². The Balaban J connectivity index is 1.57. The van der Waals surface area contributed by atoms with Crippen molar-refractivity contribution in [1.82, 2.24) is 4.90 Å². The van der Waals surface area contributed by atoms with Gasteiger partial charge in [0.25, 0.3) is 0 Å². The van der Waals surface area contributed by atoms with Crippen LogP contribution in [0.15, 0.2) is 59.5 Å². The van der Waals surface area contributed by atoms with Gasteiger partial charge in [0.15, 0.2) is 9.84 Å². The Hall–Kier alpha value is -2.64. The zero-order valence-corrected chi connectivity index (χ0v) is 18.1. The molecule has 0 bridgehead atoms. The van der Waals surface area contributed by atoms with Gasteiger partial charge in [-0.2, -0.15) is 0 Å². The lowest BCUT2D eigenvalue weighted by Gasteiger charge is -2.30. The monoisotopic (exact) mass is 446 g/mol. The quantitative estimate of drug-likeness (QED) is 0.711. The van der Waals surface area contributed by atoms with Crippen molar-refractivity contribution in [2.24, 2.45) is 5.92 Å². The van der Waals surface area contributed by atoms with Crippen LogP contribution < -0.4 is 5.32 Å². The number of halogens is 1. The van der Waals surface area contributed by atoms with Crippen molar-refractivity contribution in [3.8, 4) is 0 Å². The third-order valence-corrected chi connectivity index (χ3v) is 6.46. The van der Waals surface area contributed by atoms with Crippen molar-refractivity contribution in [3.05, 3.63) is 65.2 Å². The van der Waals surface area contributed by atoms with E-state index in [4.69, 9.17) is 11.6 Å². The molecule has 2 aromatic carbocycles. The van der Waals surface area contributed by atoms with Gasteiger partial charge in [-0.3, -0.25) is 9.59 Å². The summed E-state index contributed by atoms with van der Waals surface area (Å²) in [4.78, 5) is 26.8. The standard InChI is InChI=1S/C22H23ClN2O4S/c1-30(28,29)18-8-9-19(23)20(15-18)24-22(27)17-11-13-25(14-12-17)21(26)10-7-16-5-3-2-4-6-16/h2-10,15,17H,11-14H2,1H3,(H,24,27). The Morgan fingerprint density at radius 1 is 1.10 bits per heavy atom. The van der Waals surface area contributed by atoms with Crippen LogP contribution in [-0.2, 0) is 19.4 Å². The number of hydrogen-bond donors (Lipinski definition) is 1. The number of hydrogen-bond acceptors (Lipinski definition) is 4. The van der Waals surface area contributed by atoms with Crippen LogP contribution in [0.4, 0.5) is 5.69 Å². The Morgan fingerprint density at radius 2 is 1.77 bits per heavy atom. The summed E-state index contributed by atoms with van der Waals surface area (Å²) in [5.41, 5.74) is 1.22. The first kappa shape index (κ1) is 22.1. The van der Waals surface area contributed by atoms with E-state index in [1.54, 1.807) is 17.1 Å². The summed E-state index contributed by atoms with van der Waals surface area (Å²) in [6.45, 7) is 0.959. The Kier molecular flexibility index (Phi) is 6.95. The van der Waals surface area contributed by atoms with E-state index in [0.717, 1.165) is 11.8 Å². The number of nitrogens with zero attached hydrogens (tertiary/aromatic N) is 1. The van der Waals surface area contributed by atoms with Gasteiger partial charge in [0.05, 0.1) is 15.6 Å². The van der Waals surface area contributed by atoms with Crippen LogP contribution in [0.5, 0.6) is 0 Å². The van der Waals surface area contributed by atoms with Gasteiger partial charge in [-0.15, -0.1) is 0 Å². The molecule has 1 heterocycles. The first-order valence-electron chi connectivity index (χ1n) is 9.56. The van der Waals surface area contributed by atoms with Crippen LogP contribution in [0.25, 0.3) is 6.08 Å². The molecule has 2 amide bonds. The first-order chi connectivity index (χ1) is 14.2. The number of carbonyl (C=O) groups is 2. The average Bonchev–Trinajstić information content (AvgIpc) is 2.73. The van der Waals surface area contributed by atoms with Gasteiger partial charge >= 0.3 is 0 Å². The molecule has 0 aliphatic carbocycles. The van der Waals surface area contributed by atoms with Crippen LogP contribution in [0.2, 0.25) is 5.02 Å². The lowest BCUT2D eigenvalue weighted by molar-refractivity contribution is -0.130. The Bertz CT molecular complexity index is 1060. The highest BCUT2D eigenvalue weighted by molar-refractivity contribution is 7.90. The van der Waals surface area contributed by atoms with Crippen LogP contribution in [-0.4, -0.2) is 44.5 Å². The van der Waals surface area contributed by atoms with Crippen molar-refractivity contribution in [1.29, 1.82) is 0 Å². The molecule has 1 saturated heterocycles. The number of nitrogens with one attached hydrogen (secondary N) is 1. The molecule has 1 aliphatic rings. The second-order valence-corrected chi connectivity index (χ2v) is 9.67. The van der Waals surface area contributed by atoms with E-state index in [0.29, 0.717) is 25.9 Å². The molecule has 2 aromatic rings. The fraction of sp³-hybridized carbons (Fsp3) is 0.273. The van der Waals surface area contributed by atoms with Crippen LogP contribution in [0.3, 0.4) is 0 Å². The number of sulfone groups is 1. The number of amides is 2. The van der Waals surface area contributed by atoms with Gasteiger partial charge in [0.1, 0.15) is 0 Å². The van der Waals surface area contributed by atoms with Gasteiger partial charge in [0, 0.05) is 31.3 Å². The molecule has 0 atom stereocenters. The van der Waals surface area contributed by atoms with Gasteiger partial charge < -0.3 is 10.2 Å². The van der Waals surface area contributed by atoms with Gasteiger partial charge in [-0.05, 0) is 42.7 Å². The van der Waals surface area contributed by atoms with Crippen molar-refractivity contribution in [3.63, 3.8) is 0 Å². The SMILES string of the molecule is CS(=O)(=O)c1ccc(Cl)c(NC(=O)C2CCN(C(=O)C=Cc3ccccc3)CC2)c1. The lowest BCUT2D eigenvalue weighted by atomic mass is 9.95. The van der Waals surface area contributed by atoms with Gasteiger partial charge in [-0.25, -0.2) is 8.42 Å². The van der Waals surface area contributed by atoms with Crippen molar-refractivity contribution in [2.45, 2.75) is 17.7 Å². The van der Waals surface area contributed by atoms with Crippen LogP contribution in [0, 0.1) is 5.92 Å². The highest BCUT2D eigenvalue weighted by Crippen LogP contribution is 2.27. The molecule has 1 aliphatic heterocycles. The molecule has 1 N–H and O–H groups in total. The molecule has 1 fully saturated rings. The molecule has 0 spiro atoms. The lowest BCUT2D eigenvalue weighted by Crippen LogP contribution is -2.40. The molecule has 0 aromatic heterocycles. The van der Waals surface area contributed by atoms with Crippen molar-refractivity contribution in [2.75, 3.05) is 24.7 Å². The second kappa shape index (κ2) is 9.45. The third-order valence-electron chi connectivity index (χ3n) is 5.02. The summed E-state index contributed by atoms with van der Waals surface area (Å²) in [5, 5.41) is 3.00. The van der Waals surface area contributed by atoms with E-state index in [-0.39, 0.29) is 33.3 Å². The number of rotatable bonds is 5. The van der Waals surface area contributed by atoms with Crippen molar-refractivity contribution >= 4 is 45.0 Å². The summed E-state index contributed by atoms with van der Waals surface area (Å²) in [6, 6.07) is 13.8. The maximum absolute atomic E-state index is 12.6. The summed E-state index contributed by atoms with van der Waals surface area (Å²) < 4.78 is 23.5. The summed E-state index contributed by atoms with van der Waals surface area (Å²) >= 11 is 6.11. The highest BCUT2D eigenvalue weighted by atomic mass is 35.5. The van der Waals surface area contributed by atoms with E-state index >= 15 is 0 Å². The molecule has 0 unspecified atom stereocenters. The number of anilines is 1. The Morgan fingerprint density at radius 3 is 2.40 bits per heavy atom. The molecular weight excluding hydrogens is 424 g/mol. The molecule has 0 radical (unpaired) electrons. The maximum Gasteiger partial charge on any atom is 0.246 e. The normalized spacial score (nSPS) is 15.3. The van der Waals surface area contributed by atoms with Crippen LogP contribution >= 0.6 is 11.6 Å². The van der Waals surface area contributed by atoms with E-state index in [1.807, 2.05) is 30.3 Å². The first-order valence-corrected chi connectivity index (χ1v) is 11.8. The van der Waals surface area contributed by atoms with E-state index in [9.17, 15) is 18.0 Å². The number of likely N-dealkylation sites (tertiary alicyclic amines) is 1. The maximum atomic E-state index is 12.6. The molecule has 158 valence electrons. The van der Waals surface area contributed by atoms with Gasteiger partial charge in [-0.1, -0.05) is 41.9 Å². The minimum atomic E-state index is -3.41. The average molecular weight is 447 g/mol. The van der Waals surface area contributed by atoms with Crippen molar-refractivity contribution < 1.29 is 18.0 Å².